The van der Waals surface area contributed by atoms with Gasteiger partial charge in [0.2, 0.25) is 0 Å². The summed E-state index contributed by atoms with van der Waals surface area (Å²) in [5.41, 5.74) is 2.23. The third-order valence-electron chi connectivity index (χ3n) is 4.15. The summed E-state index contributed by atoms with van der Waals surface area (Å²) < 4.78 is 40.0. The lowest BCUT2D eigenvalue weighted by Gasteiger charge is -2.19. The number of amides is 1. The average molecular weight is 363 g/mol. The van der Waals surface area contributed by atoms with E-state index in [1.165, 1.54) is 24.1 Å². The van der Waals surface area contributed by atoms with Gasteiger partial charge in [0.05, 0.1) is 13.7 Å². The summed E-state index contributed by atoms with van der Waals surface area (Å²) in [5, 5.41) is 0. The topological polar surface area (TPSA) is 48.0 Å². The third-order valence-corrected chi connectivity index (χ3v) is 4.15. The number of halogens is 2. The number of benzene rings is 2. The summed E-state index contributed by atoms with van der Waals surface area (Å²) in [5.74, 6) is 0.803. The third kappa shape index (κ3) is 3.87. The van der Waals surface area contributed by atoms with Crippen molar-refractivity contribution in [3.63, 3.8) is 0 Å². The highest BCUT2D eigenvalue weighted by atomic mass is 19.3. The zero-order valence-corrected chi connectivity index (χ0v) is 14.5. The molecule has 0 bridgehead atoms. The van der Waals surface area contributed by atoms with E-state index in [0.29, 0.717) is 17.7 Å². The van der Waals surface area contributed by atoms with Gasteiger partial charge >= 0.3 is 6.61 Å². The summed E-state index contributed by atoms with van der Waals surface area (Å²) in [4.78, 5) is 14.2. The molecule has 0 spiro atoms. The molecule has 0 N–H and O–H groups in total. The monoisotopic (exact) mass is 363 g/mol. The first kappa shape index (κ1) is 18.0. The van der Waals surface area contributed by atoms with Crippen LogP contribution >= 0.6 is 0 Å². The van der Waals surface area contributed by atoms with Crippen molar-refractivity contribution >= 4 is 5.91 Å². The van der Waals surface area contributed by atoms with E-state index in [1.807, 2.05) is 6.07 Å². The molecule has 0 fully saturated rings. The highest BCUT2D eigenvalue weighted by Crippen LogP contribution is 2.30. The van der Waals surface area contributed by atoms with Crippen LogP contribution in [0, 0.1) is 0 Å². The van der Waals surface area contributed by atoms with Gasteiger partial charge in [-0.25, -0.2) is 0 Å². The Morgan fingerprint density at radius 1 is 1.23 bits per heavy atom. The highest BCUT2D eigenvalue weighted by molar-refractivity contribution is 5.94. The molecule has 0 radical (unpaired) electrons. The number of fused-ring (bicyclic) bond motifs is 1. The molecule has 0 aliphatic carbocycles. The number of methoxy groups -OCH3 is 1. The fourth-order valence-electron chi connectivity index (χ4n) is 2.89. The fraction of sp³-hybridized carbons (Fsp3) is 0.316. The molecule has 26 heavy (non-hydrogen) atoms. The van der Waals surface area contributed by atoms with Crippen molar-refractivity contribution in [1.29, 1.82) is 0 Å². The van der Waals surface area contributed by atoms with Crippen molar-refractivity contribution in [1.82, 2.24) is 4.90 Å². The van der Waals surface area contributed by atoms with Crippen LogP contribution < -0.4 is 14.2 Å². The van der Waals surface area contributed by atoms with Crippen molar-refractivity contribution in [2.24, 2.45) is 0 Å². The van der Waals surface area contributed by atoms with Gasteiger partial charge in [-0.15, -0.1) is 0 Å². The zero-order valence-electron chi connectivity index (χ0n) is 14.5. The Hall–Kier alpha value is -2.83. The maximum Gasteiger partial charge on any atom is 0.387 e. The van der Waals surface area contributed by atoms with E-state index in [4.69, 9.17) is 9.47 Å². The lowest BCUT2D eigenvalue weighted by molar-refractivity contribution is -0.0512. The molecule has 0 saturated heterocycles. The Balaban J connectivity index is 1.74. The number of nitrogens with zero attached hydrogens (tertiary/aromatic N) is 1. The van der Waals surface area contributed by atoms with Crippen LogP contribution in [-0.4, -0.2) is 38.2 Å². The minimum absolute atomic E-state index is 0.0597. The molecular formula is C19H19F2NO4. The lowest BCUT2D eigenvalue weighted by Crippen LogP contribution is -2.26. The van der Waals surface area contributed by atoms with Gasteiger partial charge in [0, 0.05) is 25.6 Å². The molecule has 0 atom stereocenters. The molecule has 1 heterocycles. The molecule has 0 saturated carbocycles. The van der Waals surface area contributed by atoms with Crippen LogP contribution in [0.5, 0.6) is 17.2 Å². The number of alkyl halides is 2. The van der Waals surface area contributed by atoms with E-state index < -0.39 is 6.61 Å². The van der Waals surface area contributed by atoms with Crippen LogP contribution in [0.2, 0.25) is 0 Å². The molecule has 1 aliphatic rings. The molecule has 0 unspecified atom stereocenters. The summed E-state index contributed by atoms with van der Waals surface area (Å²) >= 11 is 0. The SMILES string of the molecule is COc1ccc(CN(C)C(=O)c2ccc3c(c2)CCO3)cc1OC(F)F. The predicted octanol–water partition coefficient (Wildman–Crippen LogP) is 3.50. The molecule has 0 aromatic heterocycles. The van der Waals surface area contributed by atoms with Crippen LogP contribution in [0.25, 0.3) is 0 Å². The Morgan fingerprint density at radius 2 is 2.04 bits per heavy atom. The number of rotatable bonds is 6. The van der Waals surface area contributed by atoms with Gasteiger partial charge in [0.25, 0.3) is 5.91 Å². The van der Waals surface area contributed by atoms with Crippen molar-refractivity contribution in [2.75, 3.05) is 20.8 Å². The van der Waals surface area contributed by atoms with Gasteiger partial charge in [0.1, 0.15) is 5.75 Å². The quantitative estimate of drug-likeness (QED) is 0.788. The van der Waals surface area contributed by atoms with Crippen molar-refractivity contribution < 1.29 is 27.8 Å². The molecule has 1 amide bonds. The van der Waals surface area contributed by atoms with Crippen LogP contribution in [-0.2, 0) is 13.0 Å². The van der Waals surface area contributed by atoms with Crippen molar-refractivity contribution in [3.8, 4) is 17.2 Å². The van der Waals surface area contributed by atoms with Gasteiger partial charge in [-0.3, -0.25) is 4.79 Å². The summed E-state index contributed by atoms with van der Waals surface area (Å²) in [7, 11) is 3.03. The molecule has 7 heteroatoms. The Labute approximate surface area is 150 Å². The smallest absolute Gasteiger partial charge is 0.387 e. The Kier molecular flexibility index (Phi) is 5.25. The predicted molar refractivity (Wildman–Crippen MR) is 91.1 cm³/mol. The number of hydrogen-bond acceptors (Lipinski definition) is 4. The highest BCUT2D eigenvalue weighted by Gasteiger charge is 2.18. The van der Waals surface area contributed by atoms with Gasteiger partial charge in [0.15, 0.2) is 11.5 Å². The molecule has 1 aliphatic heterocycles. The number of carbonyl (C=O) groups excluding carboxylic acids is 1. The van der Waals surface area contributed by atoms with Gasteiger partial charge in [-0.2, -0.15) is 8.78 Å². The first-order valence-electron chi connectivity index (χ1n) is 8.11. The van der Waals surface area contributed by atoms with Gasteiger partial charge < -0.3 is 19.1 Å². The summed E-state index contributed by atoms with van der Waals surface area (Å²) in [6.07, 6.45) is 0.785. The van der Waals surface area contributed by atoms with E-state index in [0.717, 1.165) is 17.7 Å². The normalized spacial score (nSPS) is 12.5. The van der Waals surface area contributed by atoms with Crippen molar-refractivity contribution in [2.45, 2.75) is 19.6 Å². The maximum atomic E-state index is 12.6. The minimum atomic E-state index is -2.95. The number of ether oxygens (including phenoxy) is 3. The van der Waals surface area contributed by atoms with Crippen LogP contribution in [0.4, 0.5) is 8.78 Å². The van der Waals surface area contributed by atoms with E-state index in [2.05, 4.69) is 4.74 Å². The molecule has 3 rings (SSSR count). The van der Waals surface area contributed by atoms with E-state index >= 15 is 0 Å². The summed E-state index contributed by atoms with van der Waals surface area (Å²) in [6.45, 7) is -2.08. The first-order chi connectivity index (χ1) is 12.5. The number of hydrogen-bond donors (Lipinski definition) is 0. The minimum Gasteiger partial charge on any atom is -0.493 e. The largest absolute Gasteiger partial charge is 0.493 e. The zero-order chi connectivity index (χ0) is 18.7. The molecular weight excluding hydrogens is 344 g/mol. The summed E-state index contributed by atoms with van der Waals surface area (Å²) in [6, 6.07) is 10.1. The van der Waals surface area contributed by atoms with Crippen LogP contribution in [0.1, 0.15) is 21.5 Å². The number of carbonyl (C=O) groups is 1. The first-order valence-corrected chi connectivity index (χ1v) is 8.11. The second-order valence-corrected chi connectivity index (χ2v) is 5.95. The lowest BCUT2D eigenvalue weighted by atomic mass is 10.1. The Morgan fingerprint density at radius 3 is 2.77 bits per heavy atom. The fourth-order valence-corrected chi connectivity index (χ4v) is 2.89. The van der Waals surface area contributed by atoms with E-state index in [1.54, 1.807) is 25.2 Å². The second-order valence-electron chi connectivity index (χ2n) is 5.95. The standard InChI is InChI=1S/C19H19F2NO4/c1-22(18(23)14-4-6-15-13(10-14)7-8-25-15)11-12-3-5-16(24-2)17(9-12)26-19(20)21/h3-6,9-10,19H,7-8,11H2,1-2H3. The van der Waals surface area contributed by atoms with Crippen molar-refractivity contribution in [3.05, 3.63) is 53.1 Å². The second kappa shape index (κ2) is 7.59. The van der Waals surface area contributed by atoms with Crippen LogP contribution in [0.15, 0.2) is 36.4 Å². The van der Waals surface area contributed by atoms with E-state index in [9.17, 15) is 13.6 Å². The molecule has 2 aromatic rings. The maximum absolute atomic E-state index is 12.6. The molecule has 2 aromatic carbocycles. The van der Waals surface area contributed by atoms with Gasteiger partial charge in [-0.05, 0) is 41.5 Å². The van der Waals surface area contributed by atoms with Gasteiger partial charge in [-0.1, -0.05) is 6.07 Å². The van der Waals surface area contributed by atoms with Crippen LogP contribution in [0.3, 0.4) is 0 Å². The average Bonchev–Trinajstić information content (AvgIpc) is 3.08. The van der Waals surface area contributed by atoms with E-state index in [-0.39, 0.29) is 24.0 Å². The Bertz CT molecular complexity index is 810. The molecule has 5 nitrogen and oxygen atoms in total. The molecule has 138 valence electrons.